The number of carbonyl (C=O) groups is 2. The summed E-state index contributed by atoms with van der Waals surface area (Å²) in [5.74, 6) is -0.276. The zero-order valence-electron chi connectivity index (χ0n) is 16.4. The van der Waals surface area contributed by atoms with Crippen LogP contribution in [0.4, 0.5) is 5.00 Å². The zero-order chi connectivity index (χ0) is 20.3. The third-order valence-electron chi connectivity index (χ3n) is 5.16. The molecule has 0 spiro atoms. The number of hydrogen-bond acceptors (Lipinski definition) is 5. The highest BCUT2D eigenvalue weighted by Gasteiger charge is 2.24. The van der Waals surface area contributed by atoms with E-state index in [1.165, 1.54) is 16.2 Å². The van der Waals surface area contributed by atoms with Gasteiger partial charge in [0, 0.05) is 4.88 Å². The minimum atomic E-state index is -0.446. The van der Waals surface area contributed by atoms with Crippen molar-refractivity contribution in [2.24, 2.45) is 5.92 Å². The number of hydrogen-bond donors (Lipinski definition) is 1. The van der Waals surface area contributed by atoms with Crippen molar-refractivity contribution < 1.29 is 14.3 Å². The fourth-order valence-electron chi connectivity index (χ4n) is 3.40. The average molecular weight is 397 g/mol. The molecular weight excluding hydrogens is 372 g/mol. The molecule has 0 saturated heterocycles. The number of anilines is 1. The molecule has 0 unspecified atom stereocenters. The molecule has 1 N–H and O–H groups in total. The zero-order valence-corrected chi connectivity index (χ0v) is 17.2. The number of nitriles is 1. The first-order valence-electron chi connectivity index (χ1n) is 9.43. The maximum atomic E-state index is 12.2. The lowest BCUT2D eigenvalue weighted by Gasteiger charge is -2.17. The van der Waals surface area contributed by atoms with E-state index in [4.69, 9.17) is 4.74 Å². The minimum Gasteiger partial charge on any atom is -0.455 e. The number of aryl methyl sites for hydroxylation is 2. The number of amides is 1. The van der Waals surface area contributed by atoms with E-state index >= 15 is 0 Å². The Hall–Kier alpha value is -2.65. The summed E-state index contributed by atoms with van der Waals surface area (Å²) in [5.41, 5.74) is 4.76. The quantitative estimate of drug-likeness (QED) is 0.772. The molecule has 28 heavy (non-hydrogen) atoms. The van der Waals surface area contributed by atoms with Gasteiger partial charge in [-0.25, -0.2) is 0 Å². The lowest BCUT2D eigenvalue weighted by molar-refractivity contribution is -0.146. The van der Waals surface area contributed by atoms with E-state index in [-0.39, 0.29) is 13.0 Å². The highest BCUT2D eigenvalue weighted by molar-refractivity contribution is 7.16. The number of rotatable bonds is 5. The van der Waals surface area contributed by atoms with Crippen molar-refractivity contribution in [1.29, 1.82) is 5.26 Å². The van der Waals surface area contributed by atoms with Crippen molar-refractivity contribution in [2.75, 3.05) is 11.9 Å². The largest absolute Gasteiger partial charge is 0.455 e. The molecule has 0 fully saturated rings. The van der Waals surface area contributed by atoms with Gasteiger partial charge in [0.1, 0.15) is 11.1 Å². The van der Waals surface area contributed by atoms with Crippen LogP contribution in [0.5, 0.6) is 0 Å². The first-order valence-corrected chi connectivity index (χ1v) is 10.2. The number of fused-ring (bicyclic) bond motifs is 1. The van der Waals surface area contributed by atoms with Gasteiger partial charge in [-0.15, -0.1) is 11.3 Å². The van der Waals surface area contributed by atoms with Crippen LogP contribution in [0.3, 0.4) is 0 Å². The predicted molar refractivity (Wildman–Crippen MR) is 109 cm³/mol. The summed E-state index contributed by atoms with van der Waals surface area (Å²) in [6.07, 6.45) is 3.00. The number of thiophene rings is 1. The maximum Gasteiger partial charge on any atom is 0.310 e. The van der Waals surface area contributed by atoms with Crippen LogP contribution in [0, 0.1) is 31.1 Å². The van der Waals surface area contributed by atoms with Gasteiger partial charge < -0.3 is 10.1 Å². The molecule has 0 radical (unpaired) electrons. The first-order chi connectivity index (χ1) is 13.4. The van der Waals surface area contributed by atoms with Crippen molar-refractivity contribution >= 4 is 28.2 Å². The molecule has 5 nitrogen and oxygen atoms in total. The first kappa shape index (κ1) is 20.1. The molecule has 1 heterocycles. The highest BCUT2D eigenvalue weighted by Crippen LogP contribution is 2.39. The topological polar surface area (TPSA) is 79.2 Å². The monoisotopic (exact) mass is 396 g/mol. The van der Waals surface area contributed by atoms with E-state index in [1.54, 1.807) is 0 Å². The molecule has 0 aliphatic heterocycles. The van der Waals surface area contributed by atoms with Crippen molar-refractivity contribution in [3.05, 3.63) is 50.9 Å². The van der Waals surface area contributed by atoms with Crippen LogP contribution in [0.2, 0.25) is 0 Å². The Morgan fingerprint density at radius 1 is 1.32 bits per heavy atom. The number of benzene rings is 1. The molecular formula is C22H24N2O3S. The fraction of sp³-hybridized carbons (Fsp3) is 0.409. The highest BCUT2D eigenvalue weighted by atomic mass is 32.1. The molecule has 1 aromatic carbocycles. The van der Waals surface area contributed by atoms with Crippen molar-refractivity contribution in [1.82, 2.24) is 0 Å². The normalized spacial score (nSPS) is 15.4. The average Bonchev–Trinajstić information content (AvgIpc) is 2.99. The Kier molecular flexibility index (Phi) is 6.15. The van der Waals surface area contributed by atoms with E-state index in [9.17, 15) is 14.9 Å². The molecule has 1 aliphatic rings. The van der Waals surface area contributed by atoms with Crippen molar-refractivity contribution in [2.45, 2.75) is 46.5 Å². The van der Waals surface area contributed by atoms with Gasteiger partial charge in [-0.1, -0.05) is 25.1 Å². The van der Waals surface area contributed by atoms with Gasteiger partial charge in [0.15, 0.2) is 6.61 Å². The number of ether oxygens (including phenoxy) is 1. The summed E-state index contributed by atoms with van der Waals surface area (Å²) >= 11 is 1.46. The minimum absolute atomic E-state index is 0.128. The van der Waals surface area contributed by atoms with Crippen LogP contribution >= 0.6 is 11.3 Å². The lowest BCUT2D eigenvalue weighted by atomic mass is 9.89. The Morgan fingerprint density at radius 3 is 2.82 bits per heavy atom. The van der Waals surface area contributed by atoms with E-state index in [0.29, 0.717) is 16.5 Å². The maximum absolute atomic E-state index is 12.2. The van der Waals surface area contributed by atoms with Crippen molar-refractivity contribution in [3.8, 4) is 6.07 Å². The van der Waals surface area contributed by atoms with Crippen molar-refractivity contribution in [3.63, 3.8) is 0 Å². The molecule has 0 bridgehead atoms. The van der Waals surface area contributed by atoms with E-state index in [0.717, 1.165) is 41.5 Å². The Morgan fingerprint density at radius 2 is 2.11 bits per heavy atom. The Bertz CT molecular complexity index is 955. The molecule has 1 amide bonds. The second kappa shape index (κ2) is 8.57. The summed E-state index contributed by atoms with van der Waals surface area (Å²) in [6.45, 7) is 5.85. The van der Waals surface area contributed by atoms with Crippen LogP contribution in [-0.4, -0.2) is 18.5 Å². The molecule has 2 aromatic rings. The van der Waals surface area contributed by atoms with Crippen LogP contribution < -0.4 is 5.32 Å². The van der Waals surface area contributed by atoms with Gasteiger partial charge in [0.05, 0.1) is 12.0 Å². The fourth-order valence-corrected chi connectivity index (χ4v) is 4.77. The number of nitrogens with one attached hydrogen (secondary N) is 1. The number of carbonyl (C=O) groups excluding carboxylic acids is 2. The molecule has 1 aliphatic carbocycles. The van der Waals surface area contributed by atoms with E-state index in [1.807, 2.05) is 32.0 Å². The van der Waals surface area contributed by atoms with Gasteiger partial charge in [-0.2, -0.15) is 5.26 Å². The smallest absolute Gasteiger partial charge is 0.310 e. The summed E-state index contributed by atoms with van der Waals surface area (Å²) in [6, 6.07) is 8.03. The number of esters is 1. The standard InChI is InChI=1S/C22H24N2O3S/c1-13-4-7-17-18(11-23)22(28-19(17)8-13)24-20(25)12-27-21(26)10-16-6-5-14(2)15(3)9-16/h5-6,9,13H,4,7-8,10,12H2,1-3H3,(H,24,25)/t13-/m1/s1. The van der Waals surface area contributed by atoms with Crippen LogP contribution in [0.25, 0.3) is 0 Å². The van der Waals surface area contributed by atoms with Crippen LogP contribution in [0.15, 0.2) is 18.2 Å². The predicted octanol–water partition coefficient (Wildman–Crippen LogP) is 4.09. The Labute approximate surface area is 169 Å². The van der Waals surface area contributed by atoms with Gasteiger partial charge in [0.25, 0.3) is 5.91 Å². The van der Waals surface area contributed by atoms with Crippen LogP contribution in [-0.2, 0) is 33.6 Å². The van der Waals surface area contributed by atoms with Gasteiger partial charge in [-0.05, 0) is 61.3 Å². The summed E-state index contributed by atoms with van der Waals surface area (Å²) in [5, 5.41) is 12.8. The molecule has 0 saturated carbocycles. The molecule has 6 heteroatoms. The third-order valence-corrected chi connectivity index (χ3v) is 6.33. The molecule has 1 aromatic heterocycles. The van der Waals surface area contributed by atoms with E-state index < -0.39 is 11.9 Å². The van der Waals surface area contributed by atoms with Crippen LogP contribution in [0.1, 0.15) is 46.0 Å². The summed E-state index contributed by atoms with van der Waals surface area (Å²) in [7, 11) is 0. The Balaban J connectivity index is 1.56. The van der Waals surface area contributed by atoms with Gasteiger partial charge in [0.2, 0.25) is 0 Å². The summed E-state index contributed by atoms with van der Waals surface area (Å²) < 4.78 is 5.11. The van der Waals surface area contributed by atoms with E-state index in [2.05, 4.69) is 18.3 Å². The second-order valence-corrected chi connectivity index (χ2v) is 8.58. The molecule has 146 valence electrons. The lowest BCUT2D eigenvalue weighted by Crippen LogP contribution is -2.21. The second-order valence-electron chi connectivity index (χ2n) is 7.47. The molecule has 3 rings (SSSR count). The summed E-state index contributed by atoms with van der Waals surface area (Å²) in [4.78, 5) is 25.4. The van der Waals surface area contributed by atoms with Gasteiger partial charge in [-0.3, -0.25) is 9.59 Å². The number of nitrogens with zero attached hydrogens (tertiary/aromatic N) is 1. The third kappa shape index (κ3) is 4.60. The molecule has 1 atom stereocenters. The SMILES string of the molecule is Cc1ccc(CC(=O)OCC(=O)Nc2sc3c(c2C#N)CC[C@@H](C)C3)cc1C. The van der Waals surface area contributed by atoms with Gasteiger partial charge >= 0.3 is 5.97 Å².